The minimum absolute atomic E-state index is 0.963. The van der Waals surface area contributed by atoms with E-state index >= 15 is 0 Å². The van der Waals surface area contributed by atoms with Crippen LogP contribution in [-0.4, -0.2) is 0 Å². The van der Waals surface area contributed by atoms with Crippen LogP contribution in [0, 0.1) is 0 Å². The summed E-state index contributed by atoms with van der Waals surface area (Å²) in [5, 5.41) is 6.11. The largest absolute Gasteiger partial charge is 0.356 e. The van der Waals surface area contributed by atoms with Crippen molar-refractivity contribution in [2.75, 3.05) is 5.32 Å². The third-order valence-electron chi connectivity index (χ3n) is 6.05. The van der Waals surface area contributed by atoms with Crippen LogP contribution in [0.25, 0.3) is 16.3 Å². The molecule has 0 saturated heterocycles. The molecule has 5 rings (SSSR count). The number of rotatable bonds is 6. The van der Waals surface area contributed by atoms with Gasteiger partial charge in [0.1, 0.15) is 0 Å². The molecule has 1 N–H and O–H groups in total. The molecule has 4 aromatic rings. The Kier molecular flexibility index (Phi) is 5.98. The smallest absolute Gasteiger partial charge is 0.0384 e. The Morgan fingerprint density at radius 2 is 1.41 bits per heavy atom. The van der Waals surface area contributed by atoms with Crippen LogP contribution in [0.2, 0.25) is 0 Å². The Morgan fingerprint density at radius 3 is 2.22 bits per heavy atom. The van der Waals surface area contributed by atoms with Crippen LogP contribution in [0.1, 0.15) is 24.0 Å². The maximum absolute atomic E-state index is 3.45. The molecule has 1 aliphatic rings. The summed E-state index contributed by atoms with van der Waals surface area (Å²) in [6, 6.07) is 34.2. The third kappa shape index (κ3) is 4.73. The van der Waals surface area contributed by atoms with Gasteiger partial charge in [0.05, 0.1) is 0 Å². The molecule has 0 radical (unpaired) electrons. The number of anilines is 2. The highest BCUT2D eigenvalue weighted by Crippen LogP contribution is 2.29. The topological polar surface area (TPSA) is 12.0 Å². The van der Waals surface area contributed by atoms with Gasteiger partial charge in [0.25, 0.3) is 0 Å². The summed E-state index contributed by atoms with van der Waals surface area (Å²) >= 11 is 0. The van der Waals surface area contributed by atoms with Gasteiger partial charge in [-0.05, 0) is 76.6 Å². The SMILES string of the molecule is C(=CC1=CC=C(c2ccc(Nc3ccccc3)cc2)CC1)Cc1cccc2ccccc12. The molecule has 0 amide bonds. The quantitative estimate of drug-likeness (QED) is 0.334. The Labute approximate surface area is 190 Å². The second-order valence-electron chi connectivity index (χ2n) is 8.25. The van der Waals surface area contributed by atoms with Gasteiger partial charge in [0, 0.05) is 11.4 Å². The summed E-state index contributed by atoms with van der Waals surface area (Å²) in [6.45, 7) is 0. The van der Waals surface area contributed by atoms with E-state index in [1.807, 2.05) is 18.2 Å². The van der Waals surface area contributed by atoms with E-state index < -0.39 is 0 Å². The zero-order chi connectivity index (χ0) is 21.6. The highest BCUT2D eigenvalue weighted by Gasteiger charge is 2.07. The van der Waals surface area contributed by atoms with Crippen LogP contribution in [0.4, 0.5) is 11.4 Å². The summed E-state index contributed by atoms with van der Waals surface area (Å²) in [7, 11) is 0. The molecular weight excluding hydrogens is 386 g/mol. The van der Waals surface area contributed by atoms with Crippen molar-refractivity contribution in [2.24, 2.45) is 0 Å². The minimum Gasteiger partial charge on any atom is -0.356 e. The molecule has 0 bridgehead atoms. The number of nitrogens with one attached hydrogen (secondary N) is 1. The molecule has 0 saturated carbocycles. The van der Waals surface area contributed by atoms with Gasteiger partial charge >= 0.3 is 0 Å². The maximum atomic E-state index is 3.45. The Bertz CT molecular complexity index is 1290. The standard InChI is InChI=1S/C31H27N/c1-2-13-29(14-3-1)32-30-22-20-26(21-23-30)25-18-16-24(17-19-25)8-6-10-28-12-7-11-27-9-4-5-15-31(27)28/h1-9,11-16,18,20-23,32H,10,17,19H2. The van der Waals surface area contributed by atoms with Gasteiger partial charge in [-0.2, -0.15) is 0 Å². The first kappa shape index (κ1) is 20.1. The number of allylic oxidation sites excluding steroid dienone is 6. The highest BCUT2D eigenvalue weighted by molar-refractivity contribution is 5.85. The van der Waals surface area contributed by atoms with E-state index in [2.05, 4.69) is 108 Å². The Hall–Kier alpha value is -3.84. The van der Waals surface area contributed by atoms with Crippen molar-refractivity contribution in [1.82, 2.24) is 0 Å². The molecule has 0 atom stereocenters. The fourth-order valence-corrected chi connectivity index (χ4v) is 4.30. The molecule has 0 fully saturated rings. The number of hydrogen-bond acceptors (Lipinski definition) is 1. The summed E-state index contributed by atoms with van der Waals surface area (Å²) in [5.41, 5.74) is 7.72. The average molecular weight is 414 g/mol. The van der Waals surface area contributed by atoms with Gasteiger partial charge in [-0.1, -0.05) is 97.1 Å². The average Bonchev–Trinajstić information content (AvgIpc) is 2.86. The van der Waals surface area contributed by atoms with Gasteiger partial charge in [-0.3, -0.25) is 0 Å². The first-order chi connectivity index (χ1) is 15.8. The van der Waals surface area contributed by atoms with E-state index in [1.165, 1.54) is 33.0 Å². The summed E-state index contributed by atoms with van der Waals surface area (Å²) in [6.07, 6.45) is 12.3. The molecular formula is C31H27N. The van der Waals surface area contributed by atoms with Crippen LogP contribution in [0.5, 0.6) is 0 Å². The van der Waals surface area contributed by atoms with E-state index in [-0.39, 0.29) is 0 Å². The van der Waals surface area contributed by atoms with E-state index in [4.69, 9.17) is 0 Å². The fraction of sp³-hybridized carbons (Fsp3) is 0.0968. The lowest BCUT2D eigenvalue weighted by atomic mass is 9.92. The van der Waals surface area contributed by atoms with Gasteiger partial charge in [0.15, 0.2) is 0 Å². The van der Waals surface area contributed by atoms with Crippen molar-refractivity contribution in [3.05, 3.63) is 138 Å². The van der Waals surface area contributed by atoms with E-state index in [0.29, 0.717) is 0 Å². The Balaban J connectivity index is 1.23. The van der Waals surface area contributed by atoms with Crippen molar-refractivity contribution >= 4 is 27.7 Å². The highest BCUT2D eigenvalue weighted by atomic mass is 14.9. The molecule has 0 spiro atoms. The second-order valence-corrected chi connectivity index (χ2v) is 8.25. The first-order valence-corrected chi connectivity index (χ1v) is 11.3. The molecule has 4 aromatic carbocycles. The molecule has 1 heteroatoms. The first-order valence-electron chi connectivity index (χ1n) is 11.3. The lowest BCUT2D eigenvalue weighted by Gasteiger charge is -2.14. The number of hydrogen-bond donors (Lipinski definition) is 1. The molecule has 32 heavy (non-hydrogen) atoms. The monoisotopic (exact) mass is 413 g/mol. The predicted octanol–water partition coefficient (Wildman–Crippen LogP) is 8.49. The van der Waals surface area contributed by atoms with Crippen molar-refractivity contribution in [2.45, 2.75) is 19.3 Å². The van der Waals surface area contributed by atoms with Crippen LogP contribution in [-0.2, 0) is 6.42 Å². The van der Waals surface area contributed by atoms with Crippen LogP contribution >= 0.6 is 0 Å². The summed E-state index contributed by atoms with van der Waals surface area (Å²) < 4.78 is 0. The van der Waals surface area contributed by atoms with Crippen LogP contribution in [0.15, 0.2) is 127 Å². The lowest BCUT2D eigenvalue weighted by molar-refractivity contribution is 1.00. The van der Waals surface area contributed by atoms with Crippen molar-refractivity contribution in [3.8, 4) is 0 Å². The minimum atomic E-state index is 0.963. The zero-order valence-corrected chi connectivity index (χ0v) is 18.2. The molecule has 0 aliphatic heterocycles. The number of para-hydroxylation sites is 1. The van der Waals surface area contributed by atoms with Gasteiger partial charge in [-0.15, -0.1) is 0 Å². The molecule has 0 aromatic heterocycles. The van der Waals surface area contributed by atoms with E-state index in [1.54, 1.807) is 0 Å². The molecule has 156 valence electrons. The molecule has 1 aliphatic carbocycles. The van der Waals surface area contributed by atoms with Gasteiger partial charge in [0.2, 0.25) is 0 Å². The molecule has 1 nitrogen and oxygen atoms in total. The van der Waals surface area contributed by atoms with Crippen molar-refractivity contribution in [1.29, 1.82) is 0 Å². The molecule has 0 unspecified atom stereocenters. The summed E-state index contributed by atoms with van der Waals surface area (Å²) in [4.78, 5) is 0. The van der Waals surface area contributed by atoms with Crippen LogP contribution < -0.4 is 5.32 Å². The third-order valence-corrected chi connectivity index (χ3v) is 6.05. The Morgan fingerprint density at radius 1 is 0.656 bits per heavy atom. The van der Waals surface area contributed by atoms with Crippen molar-refractivity contribution < 1.29 is 0 Å². The fourth-order valence-electron chi connectivity index (χ4n) is 4.30. The van der Waals surface area contributed by atoms with Crippen molar-refractivity contribution in [3.63, 3.8) is 0 Å². The maximum Gasteiger partial charge on any atom is 0.0384 e. The number of benzene rings is 4. The zero-order valence-electron chi connectivity index (χ0n) is 18.2. The van der Waals surface area contributed by atoms with E-state index in [0.717, 1.165) is 30.6 Å². The van der Waals surface area contributed by atoms with Gasteiger partial charge < -0.3 is 5.32 Å². The van der Waals surface area contributed by atoms with Crippen LogP contribution in [0.3, 0.4) is 0 Å². The number of fused-ring (bicyclic) bond motifs is 1. The predicted molar refractivity (Wildman–Crippen MR) is 138 cm³/mol. The molecule has 0 heterocycles. The summed E-state index contributed by atoms with van der Waals surface area (Å²) in [5.74, 6) is 0. The second kappa shape index (κ2) is 9.53. The normalized spacial score (nSPS) is 13.8. The lowest BCUT2D eigenvalue weighted by Crippen LogP contribution is -1.94. The van der Waals surface area contributed by atoms with Gasteiger partial charge in [-0.25, -0.2) is 0 Å². The van der Waals surface area contributed by atoms with E-state index in [9.17, 15) is 0 Å².